The van der Waals surface area contributed by atoms with Gasteiger partial charge in [0.1, 0.15) is 5.82 Å². The van der Waals surface area contributed by atoms with Crippen molar-refractivity contribution in [3.8, 4) is 0 Å². The first-order valence-electron chi connectivity index (χ1n) is 8.04. The van der Waals surface area contributed by atoms with Gasteiger partial charge in [-0.1, -0.05) is 60.7 Å². The maximum absolute atomic E-state index is 13.3. The second kappa shape index (κ2) is 6.28. The first-order valence-corrected chi connectivity index (χ1v) is 8.04. The van der Waals surface area contributed by atoms with Gasteiger partial charge in [0.05, 0.1) is 17.4 Å². The van der Waals surface area contributed by atoms with Crippen molar-refractivity contribution in [3.63, 3.8) is 0 Å². The quantitative estimate of drug-likeness (QED) is 0.650. The molecule has 0 N–H and O–H groups in total. The Kier molecular flexibility index (Phi) is 3.83. The van der Waals surface area contributed by atoms with Crippen LogP contribution in [0.15, 0.2) is 90.0 Å². The number of rotatable bonds is 3. The molecule has 0 unspecified atom stereocenters. The number of para-hydroxylation sites is 1. The molecule has 3 aromatic rings. The summed E-state index contributed by atoms with van der Waals surface area (Å²) in [4.78, 5) is 0. The minimum atomic E-state index is -0.216. The van der Waals surface area contributed by atoms with Crippen molar-refractivity contribution >= 4 is 11.4 Å². The second-order valence-corrected chi connectivity index (χ2v) is 5.86. The van der Waals surface area contributed by atoms with E-state index in [4.69, 9.17) is 5.10 Å². The molecule has 0 saturated heterocycles. The lowest BCUT2D eigenvalue weighted by atomic mass is 9.98. The fraction of sp³-hybridized carbons (Fsp3) is 0.0952. The Balaban J connectivity index is 1.74. The molecule has 3 heteroatoms. The third-order valence-electron chi connectivity index (χ3n) is 4.29. The highest BCUT2D eigenvalue weighted by atomic mass is 19.1. The van der Waals surface area contributed by atoms with Gasteiger partial charge in [0, 0.05) is 6.42 Å². The molecular weight excluding hydrogens is 299 g/mol. The van der Waals surface area contributed by atoms with Crippen LogP contribution in [0.3, 0.4) is 0 Å². The van der Waals surface area contributed by atoms with Gasteiger partial charge in [0.25, 0.3) is 0 Å². The number of halogens is 1. The molecule has 1 heterocycles. The molecule has 0 amide bonds. The molecule has 0 aromatic heterocycles. The van der Waals surface area contributed by atoms with Crippen LogP contribution < -0.4 is 5.01 Å². The predicted molar refractivity (Wildman–Crippen MR) is 95.7 cm³/mol. The molecule has 24 heavy (non-hydrogen) atoms. The van der Waals surface area contributed by atoms with Crippen molar-refractivity contribution in [3.05, 3.63) is 102 Å². The SMILES string of the molecule is Fc1ccc([C@@H]2CC(c3ccccc3)=NN2c2ccccc2)cc1. The standard InChI is InChI=1S/C21H17FN2/c22-18-13-11-17(12-14-18)21-15-20(16-7-3-1-4-8-16)23-24(21)19-9-5-2-6-10-19/h1-14,21H,15H2/t21-/m0/s1. The summed E-state index contributed by atoms with van der Waals surface area (Å²) >= 11 is 0. The molecule has 118 valence electrons. The summed E-state index contributed by atoms with van der Waals surface area (Å²) in [7, 11) is 0. The minimum Gasteiger partial charge on any atom is -0.257 e. The van der Waals surface area contributed by atoms with Gasteiger partial charge in [-0.25, -0.2) is 4.39 Å². The minimum absolute atomic E-state index is 0.0724. The summed E-state index contributed by atoms with van der Waals surface area (Å²) in [6.07, 6.45) is 0.796. The van der Waals surface area contributed by atoms with Crippen LogP contribution in [0.2, 0.25) is 0 Å². The average molecular weight is 316 g/mol. The van der Waals surface area contributed by atoms with Crippen LogP contribution in [0.5, 0.6) is 0 Å². The van der Waals surface area contributed by atoms with Gasteiger partial charge in [-0.05, 0) is 35.4 Å². The molecule has 4 rings (SSSR count). The smallest absolute Gasteiger partial charge is 0.123 e. The molecule has 0 fully saturated rings. The number of hydrazone groups is 1. The van der Waals surface area contributed by atoms with E-state index in [0.29, 0.717) is 0 Å². The number of anilines is 1. The molecule has 1 aliphatic rings. The molecule has 3 aromatic carbocycles. The zero-order chi connectivity index (χ0) is 16.4. The van der Waals surface area contributed by atoms with E-state index in [0.717, 1.165) is 28.9 Å². The Morgan fingerprint density at radius 1 is 0.792 bits per heavy atom. The van der Waals surface area contributed by atoms with E-state index in [-0.39, 0.29) is 11.9 Å². The first-order chi connectivity index (χ1) is 11.8. The topological polar surface area (TPSA) is 15.6 Å². The van der Waals surface area contributed by atoms with Crippen molar-refractivity contribution in [2.24, 2.45) is 5.10 Å². The molecule has 0 radical (unpaired) electrons. The number of hydrogen-bond donors (Lipinski definition) is 0. The zero-order valence-electron chi connectivity index (χ0n) is 13.1. The molecule has 0 bridgehead atoms. The third kappa shape index (κ3) is 2.81. The predicted octanol–water partition coefficient (Wildman–Crippen LogP) is 5.18. The van der Waals surface area contributed by atoms with E-state index in [9.17, 15) is 4.39 Å². The van der Waals surface area contributed by atoms with Crippen LogP contribution in [0.1, 0.15) is 23.6 Å². The van der Waals surface area contributed by atoms with Crippen molar-refractivity contribution in [2.75, 3.05) is 5.01 Å². The highest BCUT2D eigenvalue weighted by molar-refractivity contribution is 6.03. The Morgan fingerprint density at radius 3 is 2.08 bits per heavy atom. The van der Waals surface area contributed by atoms with Gasteiger partial charge in [0.15, 0.2) is 0 Å². The van der Waals surface area contributed by atoms with E-state index in [1.165, 1.54) is 12.1 Å². The van der Waals surface area contributed by atoms with Crippen LogP contribution in [-0.2, 0) is 0 Å². The van der Waals surface area contributed by atoms with E-state index in [1.807, 2.05) is 65.7 Å². The summed E-state index contributed by atoms with van der Waals surface area (Å²) in [5, 5.41) is 6.90. The number of hydrogen-bond acceptors (Lipinski definition) is 2. The lowest BCUT2D eigenvalue weighted by molar-refractivity contribution is 0.624. The molecule has 2 nitrogen and oxygen atoms in total. The van der Waals surface area contributed by atoms with Crippen LogP contribution in [0.25, 0.3) is 0 Å². The van der Waals surface area contributed by atoms with Gasteiger partial charge < -0.3 is 0 Å². The Hall–Kier alpha value is -2.94. The fourth-order valence-corrected chi connectivity index (χ4v) is 3.08. The van der Waals surface area contributed by atoms with Crippen LogP contribution in [0.4, 0.5) is 10.1 Å². The summed E-state index contributed by atoms with van der Waals surface area (Å²) in [6, 6.07) is 27.1. The molecule has 1 atom stereocenters. The molecule has 1 aliphatic heterocycles. The van der Waals surface area contributed by atoms with E-state index in [1.54, 1.807) is 0 Å². The second-order valence-electron chi connectivity index (χ2n) is 5.86. The highest BCUT2D eigenvalue weighted by Crippen LogP contribution is 2.36. The van der Waals surface area contributed by atoms with Crippen molar-refractivity contribution in [2.45, 2.75) is 12.5 Å². The maximum Gasteiger partial charge on any atom is 0.123 e. The fourth-order valence-electron chi connectivity index (χ4n) is 3.08. The third-order valence-corrected chi connectivity index (χ3v) is 4.29. The maximum atomic E-state index is 13.3. The van der Waals surface area contributed by atoms with Crippen LogP contribution in [0, 0.1) is 5.82 Å². The Labute approximate surface area is 140 Å². The van der Waals surface area contributed by atoms with Crippen LogP contribution >= 0.6 is 0 Å². The van der Waals surface area contributed by atoms with E-state index in [2.05, 4.69) is 12.1 Å². The van der Waals surface area contributed by atoms with Crippen LogP contribution in [-0.4, -0.2) is 5.71 Å². The summed E-state index contributed by atoms with van der Waals surface area (Å²) in [5.41, 5.74) is 4.28. The first kappa shape index (κ1) is 14.6. The molecule has 0 aliphatic carbocycles. The normalized spacial score (nSPS) is 17.0. The number of nitrogens with zero attached hydrogens (tertiary/aromatic N) is 2. The number of benzene rings is 3. The molecule has 0 saturated carbocycles. The van der Waals surface area contributed by atoms with Crippen molar-refractivity contribution < 1.29 is 4.39 Å². The Bertz CT molecular complexity index is 842. The summed E-state index contributed by atoms with van der Waals surface area (Å²) in [5.74, 6) is -0.216. The van der Waals surface area contributed by atoms with Gasteiger partial charge in [0.2, 0.25) is 0 Å². The lowest BCUT2D eigenvalue weighted by Crippen LogP contribution is -2.18. The summed E-state index contributed by atoms with van der Waals surface area (Å²) < 4.78 is 13.3. The monoisotopic (exact) mass is 316 g/mol. The van der Waals surface area contributed by atoms with Gasteiger partial charge in [-0.2, -0.15) is 5.10 Å². The van der Waals surface area contributed by atoms with E-state index < -0.39 is 0 Å². The van der Waals surface area contributed by atoms with Gasteiger partial charge >= 0.3 is 0 Å². The van der Waals surface area contributed by atoms with E-state index >= 15 is 0 Å². The highest BCUT2D eigenvalue weighted by Gasteiger charge is 2.29. The lowest BCUT2D eigenvalue weighted by Gasteiger charge is -2.23. The van der Waals surface area contributed by atoms with Crippen molar-refractivity contribution in [1.29, 1.82) is 0 Å². The zero-order valence-corrected chi connectivity index (χ0v) is 13.1. The summed E-state index contributed by atoms with van der Waals surface area (Å²) in [6.45, 7) is 0. The van der Waals surface area contributed by atoms with Crippen molar-refractivity contribution in [1.82, 2.24) is 0 Å². The van der Waals surface area contributed by atoms with Gasteiger partial charge in [-0.15, -0.1) is 0 Å². The molecular formula is C21H17FN2. The molecule has 0 spiro atoms. The Morgan fingerprint density at radius 2 is 1.42 bits per heavy atom. The largest absolute Gasteiger partial charge is 0.257 e. The average Bonchev–Trinajstić information content (AvgIpc) is 3.09. The van der Waals surface area contributed by atoms with Gasteiger partial charge in [-0.3, -0.25) is 5.01 Å².